The normalized spacial score (nSPS) is 11.6. The fraction of sp³-hybridized carbons (Fsp3) is 0.571. The van der Waals surface area contributed by atoms with Crippen LogP contribution < -0.4 is 10.6 Å². The van der Waals surface area contributed by atoms with E-state index in [0.717, 1.165) is 0 Å². The predicted molar refractivity (Wildman–Crippen MR) is 58.0 cm³/mol. The Labute approximate surface area is 92.9 Å². The van der Waals surface area contributed by atoms with Crippen molar-refractivity contribution in [2.24, 2.45) is 0 Å². The Hall–Kier alpha value is -0.720. The monoisotopic (exact) mass is 236 g/mol. The number of amides is 1. The van der Waals surface area contributed by atoms with Gasteiger partial charge in [0, 0.05) is 18.0 Å². The number of likely N-dealkylation sites (N-methyl/N-ethyl adjacent to an activating group) is 1. The predicted octanol–water partition coefficient (Wildman–Crippen LogP) is 0.298. The topological polar surface area (TPSA) is 66.9 Å². The second kappa shape index (κ2) is 6.69. The van der Waals surface area contributed by atoms with Gasteiger partial charge < -0.3 is 10.6 Å². The van der Waals surface area contributed by atoms with E-state index in [1.807, 2.05) is 14.0 Å². The van der Waals surface area contributed by atoms with Crippen LogP contribution in [0.25, 0.3) is 0 Å². The van der Waals surface area contributed by atoms with Crippen molar-refractivity contribution in [1.29, 1.82) is 0 Å². The van der Waals surface area contributed by atoms with E-state index >= 15 is 0 Å². The summed E-state index contributed by atoms with van der Waals surface area (Å²) in [7, 11) is 1.85. The lowest BCUT2D eigenvalue weighted by Crippen LogP contribution is -2.37. The van der Waals surface area contributed by atoms with Gasteiger partial charge in [-0.15, -0.1) is 17.5 Å². The maximum Gasteiger partial charge on any atom is 0.272 e. The third-order valence-electron chi connectivity index (χ3n) is 1.65. The van der Waals surface area contributed by atoms with Gasteiger partial charge in [-0.3, -0.25) is 4.79 Å². The van der Waals surface area contributed by atoms with E-state index in [-0.39, 0.29) is 24.4 Å². The zero-order valence-electron chi connectivity index (χ0n) is 7.98. The highest BCUT2D eigenvalue weighted by atomic mass is 35.5. The molecule has 5 nitrogen and oxygen atoms in total. The average Bonchev–Trinajstić information content (AvgIpc) is 2.66. The largest absolute Gasteiger partial charge is 0.349 e. The van der Waals surface area contributed by atoms with Crippen molar-refractivity contribution in [1.82, 2.24) is 20.2 Å². The average molecular weight is 237 g/mol. The minimum atomic E-state index is -0.171. The molecule has 1 atom stereocenters. The quantitative estimate of drug-likeness (QED) is 0.789. The lowest BCUT2D eigenvalue weighted by atomic mass is 10.3. The summed E-state index contributed by atoms with van der Waals surface area (Å²) in [5, 5.41) is 11.0. The van der Waals surface area contributed by atoms with Crippen molar-refractivity contribution in [3.63, 3.8) is 0 Å². The van der Waals surface area contributed by atoms with Crippen molar-refractivity contribution in [3.8, 4) is 0 Å². The first-order valence-electron chi connectivity index (χ1n) is 3.96. The van der Waals surface area contributed by atoms with Crippen LogP contribution >= 0.6 is 23.9 Å². The van der Waals surface area contributed by atoms with E-state index in [4.69, 9.17) is 0 Å². The van der Waals surface area contributed by atoms with Crippen LogP contribution in [-0.2, 0) is 0 Å². The fourth-order valence-electron chi connectivity index (χ4n) is 0.702. The number of nitrogens with one attached hydrogen (secondary N) is 2. The van der Waals surface area contributed by atoms with Gasteiger partial charge in [0.1, 0.15) is 0 Å². The van der Waals surface area contributed by atoms with Crippen molar-refractivity contribution in [2.45, 2.75) is 13.0 Å². The van der Waals surface area contributed by atoms with Gasteiger partial charge in [-0.05, 0) is 25.5 Å². The van der Waals surface area contributed by atoms with Crippen LogP contribution in [0, 0.1) is 0 Å². The number of rotatable bonds is 4. The summed E-state index contributed by atoms with van der Waals surface area (Å²) in [5.74, 6) is -0.171. The van der Waals surface area contributed by atoms with E-state index in [9.17, 15) is 4.79 Å². The van der Waals surface area contributed by atoms with Gasteiger partial charge in [-0.25, -0.2) is 0 Å². The first kappa shape index (κ1) is 13.3. The van der Waals surface area contributed by atoms with E-state index in [2.05, 4.69) is 20.2 Å². The molecule has 0 fully saturated rings. The highest BCUT2D eigenvalue weighted by molar-refractivity contribution is 7.03. The van der Waals surface area contributed by atoms with Gasteiger partial charge in [0.05, 0.1) is 0 Å². The van der Waals surface area contributed by atoms with E-state index < -0.39 is 0 Å². The molecule has 1 aromatic heterocycles. The van der Waals surface area contributed by atoms with Crippen molar-refractivity contribution >= 4 is 29.8 Å². The molecule has 1 heterocycles. The molecule has 0 aliphatic carbocycles. The lowest BCUT2D eigenvalue weighted by molar-refractivity contribution is 0.0945. The number of hydrogen-bond acceptors (Lipinski definition) is 5. The molecule has 0 spiro atoms. The number of nitrogens with zero attached hydrogens (tertiary/aromatic N) is 2. The van der Waals surface area contributed by atoms with Crippen LogP contribution in [0.4, 0.5) is 0 Å². The Bertz CT molecular complexity index is 267. The summed E-state index contributed by atoms with van der Waals surface area (Å²) in [6, 6.07) is 0.260. The molecule has 0 aliphatic rings. The Kier molecular flexibility index (Phi) is 6.35. The zero-order valence-corrected chi connectivity index (χ0v) is 9.61. The molecule has 14 heavy (non-hydrogen) atoms. The third kappa shape index (κ3) is 3.99. The molecule has 0 bridgehead atoms. The molecule has 2 N–H and O–H groups in total. The molecule has 0 saturated heterocycles. The SMILES string of the molecule is CNC(C)CNC(=O)c1csnn1.Cl. The molecule has 1 unspecified atom stereocenters. The van der Waals surface area contributed by atoms with Gasteiger partial charge in [-0.2, -0.15) is 0 Å². The molecule has 80 valence electrons. The van der Waals surface area contributed by atoms with Crippen LogP contribution in [0.5, 0.6) is 0 Å². The van der Waals surface area contributed by atoms with E-state index in [1.54, 1.807) is 5.38 Å². The van der Waals surface area contributed by atoms with Gasteiger partial charge in [0.25, 0.3) is 5.91 Å². The maximum absolute atomic E-state index is 11.3. The summed E-state index contributed by atoms with van der Waals surface area (Å²) in [4.78, 5) is 11.3. The van der Waals surface area contributed by atoms with Gasteiger partial charge in [0.15, 0.2) is 5.69 Å². The molecular weight excluding hydrogens is 224 g/mol. The number of aromatic nitrogens is 2. The second-order valence-electron chi connectivity index (χ2n) is 2.69. The van der Waals surface area contributed by atoms with Crippen molar-refractivity contribution < 1.29 is 4.79 Å². The van der Waals surface area contributed by atoms with Crippen molar-refractivity contribution in [2.75, 3.05) is 13.6 Å². The fourth-order valence-corrected chi connectivity index (χ4v) is 1.14. The highest BCUT2D eigenvalue weighted by Crippen LogP contribution is 1.95. The standard InChI is InChI=1S/C7H12N4OS.ClH/c1-5(8-2)3-9-7(12)6-4-13-11-10-6;/h4-5,8H,3H2,1-2H3,(H,9,12);1H. The Morgan fingerprint density at radius 1 is 1.71 bits per heavy atom. The minimum absolute atomic E-state index is 0. The molecule has 7 heteroatoms. The number of hydrogen-bond donors (Lipinski definition) is 2. The molecule has 1 rings (SSSR count). The van der Waals surface area contributed by atoms with E-state index in [1.165, 1.54) is 11.5 Å². The van der Waals surface area contributed by atoms with Crippen LogP contribution in [0.15, 0.2) is 5.38 Å². The van der Waals surface area contributed by atoms with Crippen LogP contribution in [-0.4, -0.2) is 35.1 Å². The molecule has 1 amide bonds. The Balaban J connectivity index is 0.00000169. The molecule has 0 radical (unpaired) electrons. The number of halogens is 1. The number of carbonyl (C=O) groups excluding carboxylic acids is 1. The summed E-state index contributed by atoms with van der Waals surface area (Å²) < 4.78 is 3.61. The Morgan fingerprint density at radius 2 is 2.43 bits per heavy atom. The van der Waals surface area contributed by atoms with Crippen molar-refractivity contribution in [3.05, 3.63) is 11.1 Å². The van der Waals surface area contributed by atoms with Gasteiger partial charge in [0.2, 0.25) is 0 Å². The van der Waals surface area contributed by atoms with Gasteiger partial charge in [-0.1, -0.05) is 4.49 Å². The number of carbonyl (C=O) groups is 1. The summed E-state index contributed by atoms with van der Waals surface area (Å²) >= 11 is 1.17. The smallest absolute Gasteiger partial charge is 0.272 e. The van der Waals surface area contributed by atoms with E-state index in [0.29, 0.717) is 12.2 Å². The first-order valence-corrected chi connectivity index (χ1v) is 4.80. The maximum atomic E-state index is 11.3. The van der Waals surface area contributed by atoms with Gasteiger partial charge >= 0.3 is 0 Å². The molecule has 0 aromatic carbocycles. The lowest BCUT2D eigenvalue weighted by Gasteiger charge is -2.09. The Morgan fingerprint density at radius 3 is 2.93 bits per heavy atom. The zero-order chi connectivity index (χ0) is 9.68. The van der Waals surface area contributed by atoms with Crippen LogP contribution in [0.2, 0.25) is 0 Å². The first-order chi connectivity index (χ1) is 6.24. The summed E-state index contributed by atoms with van der Waals surface area (Å²) in [6.07, 6.45) is 0. The molecule has 1 aromatic rings. The molecular formula is C7H13ClN4OS. The minimum Gasteiger partial charge on any atom is -0.349 e. The van der Waals surface area contributed by atoms with Crippen LogP contribution in [0.1, 0.15) is 17.4 Å². The third-order valence-corrected chi connectivity index (χ3v) is 2.16. The highest BCUT2D eigenvalue weighted by Gasteiger charge is 2.08. The second-order valence-corrected chi connectivity index (χ2v) is 3.30. The van der Waals surface area contributed by atoms with Crippen LogP contribution in [0.3, 0.4) is 0 Å². The summed E-state index contributed by atoms with van der Waals surface area (Å²) in [6.45, 7) is 2.58. The molecule has 0 aliphatic heterocycles. The summed E-state index contributed by atoms with van der Waals surface area (Å²) in [5.41, 5.74) is 0.383. The molecule has 0 saturated carbocycles.